The SMILES string of the molecule is CCC1=CC2N=CC(CN3CC=C(c4ccc(C(=O)NC5(C#N)CC5)nc4)CC3)=CC2=NC1=O. The van der Waals surface area contributed by atoms with Crippen molar-refractivity contribution in [3.63, 3.8) is 0 Å². The third kappa shape index (κ3) is 4.52. The van der Waals surface area contributed by atoms with Gasteiger partial charge in [-0.05, 0) is 60.6 Å². The van der Waals surface area contributed by atoms with Crippen molar-refractivity contribution in [1.29, 1.82) is 5.26 Å². The Bertz CT molecular complexity index is 1220. The number of hydrogen-bond donors (Lipinski definition) is 1. The first-order valence-corrected chi connectivity index (χ1v) is 11.7. The minimum absolute atomic E-state index is 0.142. The molecule has 0 bridgehead atoms. The van der Waals surface area contributed by atoms with E-state index in [2.05, 4.69) is 37.3 Å². The first-order chi connectivity index (χ1) is 16.5. The molecule has 3 aliphatic heterocycles. The van der Waals surface area contributed by atoms with E-state index in [-0.39, 0.29) is 17.9 Å². The maximum Gasteiger partial charge on any atom is 0.272 e. The Kier molecular flexibility index (Phi) is 5.80. The first-order valence-electron chi connectivity index (χ1n) is 11.7. The molecule has 34 heavy (non-hydrogen) atoms. The zero-order valence-electron chi connectivity index (χ0n) is 19.1. The van der Waals surface area contributed by atoms with Gasteiger partial charge in [0.15, 0.2) is 0 Å². The van der Waals surface area contributed by atoms with Crippen molar-refractivity contribution in [2.75, 3.05) is 19.6 Å². The number of nitriles is 1. The lowest BCUT2D eigenvalue weighted by molar-refractivity contribution is -0.114. The lowest BCUT2D eigenvalue weighted by Crippen LogP contribution is -2.36. The van der Waals surface area contributed by atoms with Crippen LogP contribution in [0, 0.1) is 11.3 Å². The van der Waals surface area contributed by atoms with Gasteiger partial charge in [0.2, 0.25) is 0 Å². The van der Waals surface area contributed by atoms with Crippen molar-refractivity contribution in [3.05, 3.63) is 59.0 Å². The van der Waals surface area contributed by atoms with Gasteiger partial charge < -0.3 is 5.32 Å². The van der Waals surface area contributed by atoms with Gasteiger partial charge >= 0.3 is 0 Å². The molecule has 1 unspecified atom stereocenters. The van der Waals surface area contributed by atoms with Crippen molar-refractivity contribution >= 4 is 29.3 Å². The Labute approximate surface area is 198 Å². The molecule has 1 fully saturated rings. The lowest BCUT2D eigenvalue weighted by atomic mass is 9.97. The highest BCUT2D eigenvalue weighted by Crippen LogP contribution is 2.34. The number of rotatable bonds is 6. The van der Waals surface area contributed by atoms with Crippen molar-refractivity contribution in [3.8, 4) is 6.07 Å². The number of hydrogen-bond acceptors (Lipinski definition) is 6. The van der Waals surface area contributed by atoms with Crippen LogP contribution in [-0.2, 0) is 4.79 Å². The maximum absolute atomic E-state index is 12.3. The molecule has 2 amide bonds. The lowest BCUT2D eigenvalue weighted by Gasteiger charge is -2.28. The largest absolute Gasteiger partial charge is 0.332 e. The molecule has 172 valence electrons. The molecule has 0 radical (unpaired) electrons. The van der Waals surface area contributed by atoms with Crippen molar-refractivity contribution < 1.29 is 9.59 Å². The summed E-state index contributed by atoms with van der Waals surface area (Å²) in [5.74, 6) is -0.453. The van der Waals surface area contributed by atoms with Crippen molar-refractivity contribution in [2.45, 2.75) is 44.2 Å². The predicted octanol–water partition coefficient (Wildman–Crippen LogP) is 2.65. The molecule has 1 N–H and O–H groups in total. The molecule has 8 heteroatoms. The average molecular weight is 455 g/mol. The summed E-state index contributed by atoms with van der Waals surface area (Å²) in [6.45, 7) is 4.38. The molecule has 0 saturated heterocycles. The smallest absolute Gasteiger partial charge is 0.272 e. The number of aliphatic imine (C=N–C) groups is 2. The third-order valence-electron chi connectivity index (χ3n) is 6.67. The van der Waals surface area contributed by atoms with E-state index in [1.165, 1.54) is 5.57 Å². The molecular weight excluding hydrogens is 428 g/mol. The van der Waals surface area contributed by atoms with Crippen molar-refractivity contribution in [2.24, 2.45) is 9.98 Å². The summed E-state index contributed by atoms with van der Waals surface area (Å²) >= 11 is 0. The fourth-order valence-electron chi connectivity index (χ4n) is 4.36. The summed E-state index contributed by atoms with van der Waals surface area (Å²) in [4.78, 5) is 39.9. The molecule has 5 rings (SSSR count). The molecule has 0 spiro atoms. The van der Waals surface area contributed by atoms with Crippen LogP contribution in [0.2, 0.25) is 0 Å². The van der Waals surface area contributed by atoms with Crippen LogP contribution >= 0.6 is 0 Å². The van der Waals surface area contributed by atoms with E-state index >= 15 is 0 Å². The average Bonchev–Trinajstić information content (AvgIpc) is 3.64. The highest BCUT2D eigenvalue weighted by atomic mass is 16.2. The van der Waals surface area contributed by atoms with E-state index < -0.39 is 5.54 Å². The molecule has 1 aromatic rings. The van der Waals surface area contributed by atoms with Crippen LogP contribution in [-0.4, -0.2) is 64.8 Å². The van der Waals surface area contributed by atoms with Crippen LogP contribution < -0.4 is 5.32 Å². The van der Waals surface area contributed by atoms with Gasteiger partial charge in [0.1, 0.15) is 17.3 Å². The highest BCUT2D eigenvalue weighted by Gasteiger charge is 2.44. The minimum atomic E-state index is -0.694. The zero-order chi connectivity index (χ0) is 23.7. The van der Waals surface area contributed by atoms with Crippen LogP contribution in [0.4, 0.5) is 0 Å². The van der Waals surface area contributed by atoms with Gasteiger partial charge in [-0.1, -0.05) is 19.1 Å². The Balaban J connectivity index is 1.18. The molecule has 4 heterocycles. The Morgan fingerprint density at radius 3 is 2.85 bits per heavy atom. The molecule has 1 atom stereocenters. The second-order valence-electron chi connectivity index (χ2n) is 9.12. The van der Waals surface area contributed by atoms with Crippen molar-refractivity contribution in [1.82, 2.24) is 15.2 Å². The van der Waals surface area contributed by atoms with Crippen LogP contribution in [0.5, 0.6) is 0 Å². The Morgan fingerprint density at radius 1 is 1.35 bits per heavy atom. The number of aromatic nitrogens is 1. The normalized spacial score (nSPS) is 23.1. The van der Waals surface area contributed by atoms with E-state index in [0.29, 0.717) is 25.0 Å². The van der Waals surface area contributed by atoms with Gasteiger partial charge in [0, 0.05) is 37.6 Å². The topological polar surface area (TPSA) is 111 Å². The molecule has 1 aliphatic carbocycles. The molecule has 0 aromatic carbocycles. The molecule has 1 saturated carbocycles. The van der Waals surface area contributed by atoms with E-state index in [1.54, 1.807) is 12.3 Å². The number of dihydropyridines is 2. The number of pyridine rings is 1. The van der Waals surface area contributed by atoms with E-state index in [1.807, 2.05) is 31.4 Å². The molecular formula is C26H26N6O2. The van der Waals surface area contributed by atoms with Gasteiger partial charge in [0.05, 0.1) is 11.8 Å². The number of nitrogens with zero attached hydrogens (tertiary/aromatic N) is 5. The van der Waals surface area contributed by atoms with Crippen LogP contribution in [0.25, 0.3) is 5.57 Å². The summed E-state index contributed by atoms with van der Waals surface area (Å²) < 4.78 is 0. The van der Waals surface area contributed by atoms with Gasteiger partial charge in [-0.15, -0.1) is 0 Å². The van der Waals surface area contributed by atoms with Gasteiger partial charge in [0.25, 0.3) is 11.8 Å². The zero-order valence-corrected chi connectivity index (χ0v) is 19.1. The van der Waals surface area contributed by atoms with Crippen LogP contribution in [0.15, 0.2) is 57.7 Å². The number of fused-ring (bicyclic) bond motifs is 1. The Hall–Kier alpha value is -3.70. The maximum atomic E-state index is 12.3. The standard InChI is InChI=1S/C26H26N6O2/c1-2-18-12-22-23(30-24(18)33)11-17(13-28-22)15-32-9-5-19(6-10-32)20-3-4-21(29-14-20)25(34)31-26(16-27)7-8-26/h3-5,11-14,22H,2,6-10,15H2,1H3,(H,31,34). The fourth-order valence-corrected chi connectivity index (χ4v) is 4.36. The number of carbonyl (C=O) groups is 2. The molecule has 8 nitrogen and oxygen atoms in total. The minimum Gasteiger partial charge on any atom is -0.332 e. The number of nitrogens with one attached hydrogen (secondary N) is 1. The molecule has 4 aliphatic rings. The summed E-state index contributed by atoms with van der Waals surface area (Å²) in [6, 6.07) is 5.65. The second-order valence-corrected chi connectivity index (χ2v) is 9.12. The van der Waals surface area contributed by atoms with E-state index in [9.17, 15) is 9.59 Å². The number of amides is 2. The number of carbonyl (C=O) groups excluding carboxylic acids is 2. The third-order valence-corrected chi connectivity index (χ3v) is 6.67. The highest BCUT2D eigenvalue weighted by molar-refractivity contribution is 6.16. The van der Waals surface area contributed by atoms with Crippen LogP contribution in [0.3, 0.4) is 0 Å². The van der Waals surface area contributed by atoms with Gasteiger partial charge in [-0.3, -0.25) is 24.5 Å². The fraction of sp³-hybridized carbons (Fsp3) is 0.385. The summed E-state index contributed by atoms with van der Waals surface area (Å²) in [5, 5.41) is 11.9. The quantitative estimate of drug-likeness (QED) is 0.710. The monoisotopic (exact) mass is 454 g/mol. The van der Waals surface area contributed by atoms with Crippen LogP contribution in [0.1, 0.15) is 48.7 Å². The van der Waals surface area contributed by atoms with E-state index in [4.69, 9.17) is 5.26 Å². The summed E-state index contributed by atoms with van der Waals surface area (Å²) in [5.41, 5.74) is 4.36. The summed E-state index contributed by atoms with van der Waals surface area (Å²) in [7, 11) is 0. The second kappa shape index (κ2) is 8.92. The summed E-state index contributed by atoms with van der Waals surface area (Å²) in [6.07, 6.45) is 12.7. The van der Waals surface area contributed by atoms with Gasteiger partial charge in [-0.25, -0.2) is 4.99 Å². The first kappa shape index (κ1) is 22.1. The van der Waals surface area contributed by atoms with Gasteiger partial charge in [-0.2, -0.15) is 5.26 Å². The van der Waals surface area contributed by atoms with E-state index in [0.717, 1.165) is 48.5 Å². The Morgan fingerprint density at radius 2 is 2.21 bits per heavy atom. The predicted molar refractivity (Wildman–Crippen MR) is 129 cm³/mol. The molecule has 1 aromatic heterocycles.